The minimum atomic E-state index is 0.796. The summed E-state index contributed by atoms with van der Waals surface area (Å²) in [6.45, 7) is 4.26. The van der Waals surface area contributed by atoms with E-state index in [0.29, 0.717) is 0 Å². The lowest BCUT2D eigenvalue weighted by Crippen LogP contribution is -2.00. The lowest BCUT2D eigenvalue weighted by atomic mass is 10.1. The first-order valence-electron chi connectivity index (χ1n) is 8.12. The number of nitrogens with zero attached hydrogens (tertiary/aromatic N) is 4. The zero-order valence-electron chi connectivity index (χ0n) is 13.7. The fraction of sp³-hybridized carbons (Fsp3) is 0.211. The minimum absolute atomic E-state index is 0.796. The van der Waals surface area contributed by atoms with Gasteiger partial charge in [-0.05, 0) is 37.3 Å². The van der Waals surface area contributed by atoms with Gasteiger partial charge >= 0.3 is 0 Å². The standard InChI is InChI=1S/C19H18N4S/c1-3-12-24-18-14-8-4-5-9-15(14)21-19-17(18)13(2)22-23(19)16-10-6-7-11-20-16/h4-11H,3,12H2,1-2H3. The maximum atomic E-state index is 4.89. The molecule has 4 nitrogen and oxygen atoms in total. The Kier molecular flexibility index (Phi) is 3.94. The Bertz CT molecular complexity index is 1010. The van der Waals surface area contributed by atoms with E-state index in [1.54, 1.807) is 6.20 Å². The molecular weight excluding hydrogens is 316 g/mol. The second-order valence-corrected chi connectivity index (χ2v) is 6.80. The van der Waals surface area contributed by atoms with Gasteiger partial charge in [0.1, 0.15) is 0 Å². The highest BCUT2D eigenvalue weighted by atomic mass is 32.2. The number of hydrogen-bond donors (Lipinski definition) is 0. The summed E-state index contributed by atoms with van der Waals surface area (Å²) in [5.74, 6) is 1.88. The number of pyridine rings is 2. The highest BCUT2D eigenvalue weighted by Crippen LogP contribution is 2.36. The normalized spacial score (nSPS) is 11.4. The number of aromatic nitrogens is 4. The maximum absolute atomic E-state index is 4.89. The fourth-order valence-electron chi connectivity index (χ4n) is 2.89. The Hall–Kier alpha value is -2.40. The van der Waals surface area contributed by atoms with Crippen molar-refractivity contribution in [2.24, 2.45) is 0 Å². The second kappa shape index (κ2) is 6.24. The van der Waals surface area contributed by atoms with E-state index in [0.717, 1.165) is 40.2 Å². The third-order valence-corrected chi connectivity index (χ3v) is 5.28. The van der Waals surface area contributed by atoms with Crippen molar-refractivity contribution in [3.63, 3.8) is 0 Å². The second-order valence-electron chi connectivity index (χ2n) is 5.69. The molecule has 24 heavy (non-hydrogen) atoms. The van der Waals surface area contributed by atoms with E-state index in [9.17, 15) is 0 Å². The van der Waals surface area contributed by atoms with Crippen LogP contribution in [0, 0.1) is 6.92 Å². The fourth-order valence-corrected chi connectivity index (χ4v) is 4.01. The third-order valence-electron chi connectivity index (χ3n) is 3.95. The van der Waals surface area contributed by atoms with Crippen LogP contribution in [-0.4, -0.2) is 25.5 Å². The zero-order chi connectivity index (χ0) is 16.5. The van der Waals surface area contributed by atoms with Gasteiger partial charge in [0, 0.05) is 16.5 Å². The molecule has 5 heteroatoms. The van der Waals surface area contributed by atoms with E-state index in [1.165, 1.54) is 10.3 Å². The Morgan fingerprint density at radius 3 is 2.71 bits per heavy atom. The largest absolute Gasteiger partial charge is 0.237 e. The Labute approximate surface area is 144 Å². The highest BCUT2D eigenvalue weighted by molar-refractivity contribution is 7.99. The molecule has 0 spiro atoms. The lowest BCUT2D eigenvalue weighted by molar-refractivity contribution is 0.849. The summed E-state index contributed by atoms with van der Waals surface area (Å²) in [5.41, 5.74) is 2.87. The summed E-state index contributed by atoms with van der Waals surface area (Å²) in [6.07, 6.45) is 2.92. The van der Waals surface area contributed by atoms with E-state index >= 15 is 0 Å². The summed E-state index contributed by atoms with van der Waals surface area (Å²) >= 11 is 1.89. The Morgan fingerprint density at radius 1 is 1.08 bits per heavy atom. The van der Waals surface area contributed by atoms with E-state index in [2.05, 4.69) is 30.1 Å². The topological polar surface area (TPSA) is 43.6 Å². The molecule has 0 atom stereocenters. The van der Waals surface area contributed by atoms with Gasteiger partial charge in [-0.3, -0.25) is 0 Å². The van der Waals surface area contributed by atoms with Crippen molar-refractivity contribution in [2.45, 2.75) is 25.2 Å². The predicted octanol–water partition coefficient (Wildman–Crippen LogP) is 4.78. The molecule has 3 heterocycles. The van der Waals surface area contributed by atoms with Crippen LogP contribution >= 0.6 is 11.8 Å². The summed E-state index contributed by atoms with van der Waals surface area (Å²) in [5, 5.41) is 7.07. The van der Waals surface area contributed by atoms with Crippen molar-refractivity contribution in [1.82, 2.24) is 19.7 Å². The summed E-state index contributed by atoms with van der Waals surface area (Å²) in [4.78, 5) is 10.6. The number of fused-ring (bicyclic) bond motifs is 2. The van der Waals surface area contributed by atoms with Gasteiger partial charge < -0.3 is 0 Å². The Balaban J connectivity index is 2.07. The van der Waals surface area contributed by atoms with Crippen LogP contribution in [0.5, 0.6) is 0 Å². The molecule has 4 aromatic rings. The number of benzene rings is 1. The van der Waals surface area contributed by atoms with Crippen molar-refractivity contribution in [2.75, 3.05) is 5.75 Å². The van der Waals surface area contributed by atoms with E-state index in [4.69, 9.17) is 10.1 Å². The zero-order valence-corrected chi connectivity index (χ0v) is 14.5. The monoisotopic (exact) mass is 334 g/mol. The molecule has 1 aromatic carbocycles. The minimum Gasteiger partial charge on any atom is -0.237 e. The number of para-hydroxylation sites is 1. The number of rotatable bonds is 4. The molecule has 0 fully saturated rings. The molecule has 0 N–H and O–H groups in total. The van der Waals surface area contributed by atoms with Gasteiger partial charge in [-0.15, -0.1) is 11.8 Å². The number of thioether (sulfide) groups is 1. The first-order valence-corrected chi connectivity index (χ1v) is 9.10. The van der Waals surface area contributed by atoms with Crippen molar-refractivity contribution in [1.29, 1.82) is 0 Å². The molecule has 0 radical (unpaired) electrons. The summed E-state index contributed by atoms with van der Waals surface area (Å²) in [6, 6.07) is 14.2. The van der Waals surface area contributed by atoms with Crippen LogP contribution in [-0.2, 0) is 0 Å². The van der Waals surface area contributed by atoms with Crippen LogP contribution in [0.1, 0.15) is 19.0 Å². The molecule has 0 aliphatic rings. The van der Waals surface area contributed by atoms with E-state index in [-0.39, 0.29) is 0 Å². The van der Waals surface area contributed by atoms with Gasteiger partial charge in [-0.25, -0.2) is 9.97 Å². The average Bonchev–Trinajstić information content (AvgIpc) is 2.96. The van der Waals surface area contributed by atoms with E-state index in [1.807, 2.05) is 47.6 Å². The summed E-state index contributed by atoms with van der Waals surface area (Å²) < 4.78 is 1.85. The van der Waals surface area contributed by atoms with Crippen LogP contribution in [0.3, 0.4) is 0 Å². The molecule has 3 aromatic heterocycles. The first-order chi connectivity index (χ1) is 11.8. The molecule has 0 saturated carbocycles. The molecule has 0 unspecified atom stereocenters. The SMILES string of the molecule is CCCSc1c2ccccc2nc2c1c(C)nn2-c1ccccn1. The maximum Gasteiger partial charge on any atom is 0.166 e. The average molecular weight is 334 g/mol. The number of hydrogen-bond acceptors (Lipinski definition) is 4. The van der Waals surface area contributed by atoms with Crippen molar-refractivity contribution in [3.05, 3.63) is 54.4 Å². The summed E-state index contributed by atoms with van der Waals surface area (Å²) in [7, 11) is 0. The van der Waals surface area contributed by atoms with Crippen LogP contribution in [0.2, 0.25) is 0 Å². The van der Waals surface area contributed by atoms with Gasteiger partial charge in [-0.1, -0.05) is 31.2 Å². The van der Waals surface area contributed by atoms with Gasteiger partial charge in [0.05, 0.1) is 16.6 Å². The van der Waals surface area contributed by atoms with Crippen molar-refractivity contribution < 1.29 is 0 Å². The predicted molar refractivity (Wildman–Crippen MR) is 99.9 cm³/mol. The van der Waals surface area contributed by atoms with Crippen molar-refractivity contribution in [3.8, 4) is 5.82 Å². The molecule has 4 rings (SSSR count). The number of aryl methyl sites for hydroxylation is 1. The van der Waals surface area contributed by atoms with Crippen LogP contribution in [0.15, 0.2) is 53.6 Å². The Morgan fingerprint density at radius 2 is 1.92 bits per heavy atom. The highest BCUT2D eigenvalue weighted by Gasteiger charge is 2.18. The molecule has 120 valence electrons. The molecule has 0 aliphatic carbocycles. The molecule has 0 saturated heterocycles. The van der Waals surface area contributed by atoms with Gasteiger partial charge in [0.15, 0.2) is 11.5 Å². The van der Waals surface area contributed by atoms with Crippen LogP contribution < -0.4 is 0 Å². The molecule has 0 aliphatic heterocycles. The van der Waals surface area contributed by atoms with E-state index < -0.39 is 0 Å². The molecule has 0 amide bonds. The quantitative estimate of drug-likeness (QED) is 0.504. The molecule has 0 bridgehead atoms. The molecular formula is C19H18N4S. The van der Waals surface area contributed by atoms with Gasteiger partial charge in [0.2, 0.25) is 0 Å². The smallest absolute Gasteiger partial charge is 0.166 e. The van der Waals surface area contributed by atoms with Crippen molar-refractivity contribution >= 4 is 33.7 Å². The first kappa shape index (κ1) is 15.1. The van der Waals surface area contributed by atoms with Gasteiger partial charge in [0.25, 0.3) is 0 Å². The van der Waals surface area contributed by atoms with Crippen LogP contribution in [0.4, 0.5) is 0 Å². The van der Waals surface area contributed by atoms with Crippen LogP contribution in [0.25, 0.3) is 27.8 Å². The third kappa shape index (κ3) is 2.45. The lowest BCUT2D eigenvalue weighted by Gasteiger charge is -2.08. The van der Waals surface area contributed by atoms with Gasteiger partial charge in [-0.2, -0.15) is 9.78 Å².